The summed E-state index contributed by atoms with van der Waals surface area (Å²) in [6.07, 6.45) is 3.59. The molecule has 0 aliphatic rings. The third-order valence-corrected chi connectivity index (χ3v) is 4.33. The average molecular weight is 384 g/mol. The summed E-state index contributed by atoms with van der Waals surface area (Å²) >= 11 is 0. The van der Waals surface area contributed by atoms with Crippen molar-refractivity contribution >= 4 is 17.9 Å². The Morgan fingerprint density at radius 1 is 0.655 bits per heavy atom. The maximum Gasteiger partial charge on any atom is 0.226 e. The fourth-order valence-corrected chi connectivity index (χ4v) is 2.92. The molecule has 146 valence electrons. The molecule has 0 spiro atoms. The highest BCUT2D eigenvalue weighted by Gasteiger charge is 2.13. The monoisotopic (exact) mass is 384 g/mol. The lowest BCUT2D eigenvalue weighted by atomic mass is 10.1. The van der Waals surface area contributed by atoms with E-state index in [4.69, 9.17) is 0 Å². The van der Waals surface area contributed by atoms with E-state index in [1.165, 1.54) is 0 Å². The van der Waals surface area contributed by atoms with Crippen molar-refractivity contribution in [3.8, 4) is 0 Å². The number of hydrogen-bond donors (Lipinski definition) is 2. The summed E-state index contributed by atoms with van der Waals surface area (Å²) in [5, 5.41) is 5.79. The second kappa shape index (κ2) is 10.6. The molecule has 0 aliphatic carbocycles. The first-order valence-corrected chi connectivity index (χ1v) is 9.59. The van der Waals surface area contributed by atoms with Gasteiger partial charge in [0.15, 0.2) is 0 Å². The number of carbonyl (C=O) groups is 2. The summed E-state index contributed by atoms with van der Waals surface area (Å²) in [4.78, 5) is 25.0. The standard InChI is InChI=1S/C25H24N2O2/c28-24(18-21-12-6-2-7-13-21)26-23(17-16-20-10-4-1-5-11-20)27-25(29)19-22-14-8-3-9-15-22/h1-17,23H,18-19H2,(H,26,28)(H,27,29). The van der Waals surface area contributed by atoms with Crippen LogP contribution in [0.15, 0.2) is 97.1 Å². The molecular formula is C25H24N2O2. The van der Waals surface area contributed by atoms with Crippen LogP contribution in [0.4, 0.5) is 0 Å². The normalized spacial score (nSPS) is 10.8. The number of benzene rings is 3. The van der Waals surface area contributed by atoms with Crippen molar-refractivity contribution in [1.82, 2.24) is 10.6 Å². The first-order chi connectivity index (χ1) is 14.2. The summed E-state index contributed by atoms with van der Waals surface area (Å²) in [5.74, 6) is -0.308. The zero-order valence-corrected chi connectivity index (χ0v) is 16.1. The van der Waals surface area contributed by atoms with E-state index in [2.05, 4.69) is 10.6 Å². The summed E-state index contributed by atoms with van der Waals surface area (Å²) in [6, 6.07) is 28.8. The van der Waals surface area contributed by atoms with Crippen LogP contribution in [0.1, 0.15) is 16.7 Å². The highest BCUT2D eigenvalue weighted by molar-refractivity contribution is 5.82. The van der Waals surface area contributed by atoms with Gasteiger partial charge in [0.1, 0.15) is 6.17 Å². The Bertz CT molecular complexity index is 883. The molecule has 0 aromatic heterocycles. The topological polar surface area (TPSA) is 58.2 Å². The van der Waals surface area contributed by atoms with Gasteiger partial charge in [0.25, 0.3) is 0 Å². The minimum absolute atomic E-state index is 0.154. The summed E-state index contributed by atoms with van der Waals surface area (Å²) in [6.45, 7) is 0. The van der Waals surface area contributed by atoms with E-state index < -0.39 is 6.17 Å². The first-order valence-electron chi connectivity index (χ1n) is 9.59. The predicted octanol–water partition coefficient (Wildman–Crippen LogP) is 3.74. The van der Waals surface area contributed by atoms with Crippen molar-refractivity contribution in [3.05, 3.63) is 114 Å². The van der Waals surface area contributed by atoms with Gasteiger partial charge >= 0.3 is 0 Å². The Hall–Kier alpha value is -3.66. The number of rotatable bonds is 8. The maximum absolute atomic E-state index is 12.5. The second-order valence-electron chi connectivity index (χ2n) is 6.71. The third kappa shape index (κ3) is 7.11. The van der Waals surface area contributed by atoms with E-state index in [1.54, 1.807) is 6.08 Å². The molecule has 0 saturated heterocycles. The Kier molecular flexibility index (Phi) is 7.35. The molecule has 0 saturated carbocycles. The van der Waals surface area contributed by atoms with E-state index in [9.17, 15) is 9.59 Å². The summed E-state index contributed by atoms with van der Waals surface area (Å²) < 4.78 is 0. The molecule has 3 rings (SSSR count). The van der Waals surface area contributed by atoms with E-state index in [0.29, 0.717) is 0 Å². The van der Waals surface area contributed by atoms with Crippen LogP contribution in [-0.4, -0.2) is 18.0 Å². The minimum atomic E-state index is -0.595. The van der Waals surface area contributed by atoms with Gasteiger partial charge in [-0.25, -0.2) is 0 Å². The molecule has 4 heteroatoms. The van der Waals surface area contributed by atoms with Crippen LogP contribution in [0.25, 0.3) is 6.08 Å². The molecule has 0 radical (unpaired) electrons. The summed E-state index contributed by atoms with van der Waals surface area (Å²) in [5.41, 5.74) is 2.84. The highest BCUT2D eigenvalue weighted by Crippen LogP contribution is 2.04. The molecule has 0 bridgehead atoms. The van der Waals surface area contributed by atoms with Crippen molar-refractivity contribution in [2.45, 2.75) is 19.0 Å². The largest absolute Gasteiger partial charge is 0.332 e. The summed E-state index contributed by atoms with van der Waals surface area (Å²) in [7, 11) is 0. The Labute approximate surface area is 171 Å². The van der Waals surface area contributed by atoms with E-state index in [1.807, 2.05) is 97.1 Å². The van der Waals surface area contributed by atoms with Crippen molar-refractivity contribution < 1.29 is 9.59 Å². The van der Waals surface area contributed by atoms with E-state index >= 15 is 0 Å². The number of amides is 2. The van der Waals surface area contributed by atoms with Crippen LogP contribution < -0.4 is 10.6 Å². The highest BCUT2D eigenvalue weighted by atomic mass is 16.2. The van der Waals surface area contributed by atoms with Gasteiger partial charge in [-0.15, -0.1) is 0 Å². The Morgan fingerprint density at radius 3 is 1.52 bits per heavy atom. The van der Waals surface area contributed by atoms with Crippen molar-refractivity contribution in [3.63, 3.8) is 0 Å². The SMILES string of the molecule is O=C(Cc1ccccc1)NC(C=Cc1ccccc1)NC(=O)Cc1ccccc1. The third-order valence-electron chi connectivity index (χ3n) is 4.33. The van der Waals surface area contributed by atoms with Gasteiger partial charge in [-0.1, -0.05) is 97.1 Å². The number of nitrogens with one attached hydrogen (secondary N) is 2. The molecule has 2 N–H and O–H groups in total. The molecule has 0 atom stereocenters. The van der Waals surface area contributed by atoms with Crippen LogP contribution in [0.3, 0.4) is 0 Å². The van der Waals surface area contributed by atoms with Crippen molar-refractivity contribution in [1.29, 1.82) is 0 Å². The molecule has 3 aromatic carbocycles. The van der Waals surface area contributed by atoms with Crippen LogP contribution in [0.5, 0.6) is 0 Å². The van der Waals surface area contributed by atoms with E-state index in [0.717, 1.165) is 16.7 Å². The Morgan fingerprint density at radius 2 is 1.07 bits per heavy atom. The number of carbonyl (C=O) groups excluding carboxylic acids is 2. The molecule has 4 nitrogen and oxygen atoms in total. The van der Waals surface area contributed by atoms with Gasteiger partial charge < -0.3 is 10.6 Å². The maximum atomic E-state index is 12.5. The lowest BCUT2D eigenvalue weighted by molar-refractivity contribution is -0.123. The van der Waals surface area contributed by atoms with Gasteiger partial charge in [-0.3, -0.25) is 9.59 Å². The van der Waals surface area contributed by atoms with Gasteiger partial charge in [-0.2, -0.15) is 0 Å². The van der Waals surface area contributed by atoms with Crippen LogP contribution in [0.2, 0.25) is 0 Å². The zero-order valence-electron chi connectivity index (χ0n) is 16.1. The molecule has 0 aliphatic heterocycles. The second-order valence-corrected chi connectivity index (χ2v) is 6.71. The molecule has 2 amide bonds. The smallest absolute Gasteiger partial charge is 0.226 e. The van der Waals surface area contributed by atoms with Gasteiger partial charge in [0, 0.05) is 0 Å². The van der Waals surface area contributed by atoms with Gasteiger partial charge in [-0.05, 0) is 22.8 Å². The van der Waals surface area contributed by atoms with E-state index in [-0.39, 0.29) is 24.7 Å². The van der Waals surface area contributed by atoms with Crippen LogP contribution in [0, 0.1) is 0 Å². The molecule has 0 heterocycles. The fourth-order valence-electron chi connectivity index (χ4n) is 2.92. The quantitative estimate of drug-likeness (QED) is 0.581. The van der Waals surface area contributed by atoms with Crippen LogP contribution >= 0.6 is 0 Å². The molecular weight excluding hydrogens is 360 g/mol. The van der Waals surface area contributed by atoms with Gasteiger partial charge in [0.05, 0.1) is 12.8 Å². The minimum Gasteiger partial charge on any atom is -0.332 e. The fraction of sp³-hybridized carbons (Fsp3) is 0.120. The molecule has 0 unspecified atom stereocenters. The molecule has 3 aromatic rings. The first kappa shape index (κ1) is 20.1. The average Bonchev–Trinajstić information content (AvgIpc) is 2.74. The van der Waals surface area contributed by atoms with Crippen LogP contribution in [-0.2, 0) is 22.4 Å². The number of hydrogen-bond acceptors (Lipinski definition) is 2. The zero-order chi connectivity index (χ0) is 20.3. The Balaban J connectivity index is 1.66. The van der Waals surface area contributed by atoms with Crippen molar-refractivity contribution in [2.75, 3.05) is 0 Å². The molecule has 0 fully saturated rings. The van der Waals surface area contributed by atoms with Gasteiger partial charge in [0.2, 0.25) is 11.8 Å². The predicted molar refractivity (Wildman–Crippen MR) is 116 cm³/mol. The van der Waals surface area contributed by atoms with Crippen molar-refractivity contribution in [2.24, 2.45) is 0 Å². The lowest BCUT2D eigenvalue weighted by Gasteiger charge is -2.17. The molecule has 29 heavy (non-hydrogen) atoms. The lowest BCUT2D eigenvalue weighted by Crippen LogP contribution is -2.47.